The van der Waals surface area contributed by atoms with Crippen LogP contribution in [0.15, 0.2) is 0 Å². The van der Waals surface area contributed by atoms with E-state index in [0.29, 0.717) is 32.1 Å². The standard InChI is InChI=1S/C40H74N4O3/c1-3-5-7-9-11-13-15-17-19-21-25-44(26-22-20-18-16-14-12-10-8-6-4-2)27-23-24-34-39(36(42)46)29-33-28-38(31-39,35(41)45)32-40(34,30-33)37(43)47/h33-34H,3-32H2,1-2H3,(H2,41,45)(H2,42,46)(H2,43,47). The van der Waals surface area contributed by atoms with Gasteiger partial charge in [0.25, 0.3) is 0 Å². The second kappa shape index (κ2) is 20.1. The lowest BCUT2D eigenvalue weighted by Crippen LogP contribution is -2.70. The first-order valence-corrected chi connectivity index (χ1v) is 20.3. The number of nitrogens with two attached hydrogens (primary N) is 3. The summed E-state index contributed by atoms with van der Waals surface area (Å²) in [6, 6.07) is 0. The van der Waals surface area contributed by atoms with Crippen LogP contribution in [0.2, 0.25) is 0 Å². The maximum absolute atomic E-state index is 13.2. The molecule has 47 heavy (non-hydrogen) atoms. The fraction of sp³-hybridized carbons (Fsp3) is 0.925. The summed E-state index contributed by atoms with van der Waals surface area (Å²) in [5.74, 6) is -1.22. The highest BCUT2D eigenvalue weighted by molar-refractivity contribution is 5.91. The van der Waals surface area contributed by atoms with E-state index in [4.69, 9.17) is 17.2 Å². The van der Waals surface area contributed by atoms with E-state index in [-0.39, 0.29) is 23.7 Å². The fourth-order valence-corrected chi connectivity index (χ4v) is 10.5. The molecule has 7 nitrogen and oxygen atoms in total. The summed E-state index contributed by atoms with van der Waals surface area (Å²) in [4.78, 5) is 41.9. The highest BCUT2D eigenvalue weighted by Gasteiger charge is 2.73. The number of carbonyl (C=O) groups is 3. The first-order chi connectivity index (χ1) is 22.7. The van der Waals surface area contributed by atoms with Crippen LogP contribution in [0.4, 0.5) is 0 Å². The Labute approximate surface area is 288 Å². The highest BCUT2D eigenvalue weighted by atomic mass is 16.2. The molecular formula is C40H74N4O3. The molecule has 4 fully saturated rings. The molecule has 7 heteroatoms. The molecule has 4 aliphatic carbocycles. The van der Waals surface area contributed by atoms with Crippen LogP contribution in [0.3, 0.4) is 0 Å². The molecule has 4 aliphatic rings. The van der Waals surface area contributed by atoms with Crippen molar-refractivity contribution >= 4 is 17.7 Å². The van der Waals surface area contributed by atoms with Gasteiger partial charge in [0.2, 0.25) is 17.7 Å². The van der Waals surface area contributed by atoms with E-state index >= 15 is 0 Å². The van der Waals surface area contributed by atoms with Crippen LogP contribution in [-0.2, 0) is 14.4 Å². The number of unbranched alkanes of at least 4 members (excludes halogenated alkanes) is 18. The Morgan fingerprint density at radius 2 is 0.872 bits per heavy atom. The molecule has 6 N–H and O–H groups in total. The van der Waals surface area contributed by atoms with Gasteiger partial charge in [-0.2, -0.15) is 0 Å². The zero-order chi connectivity index (χ0) is 34.2. The van der Waals surface area contributed by atoms with Gasteiger partial charge in [-0.05, 0) is 89.3 Å². The molecule has 4 rings (SSSR count). The van der Waals surface area contributed by atoms with Crippen LogP contribution in [0.5, 0.6) is 0 Å². The molecule has 4 bridgehead atoms. The Balaban J connectivity index is 1.52. The number of hydrogen-bond acceptors (Lipinski definition) is 4. The third-order valence-electron chi connectivity index (χ3n) is 12.8. The molecule has 2 unspecified atom stereocenters. The molecule has 272 valence electrons. The molecule has 0 aromatic heterocycles. The zero-order valence-electron chi connectivity index (χ0n) is 30.8. The summed E-state index contributed by atoms with van der Waals surface area (Å²) in [5, 5.41) is 0. The fourth-order valence-electron chi connectivity index (χ4n) is 10.5. The summed E-state index contributed by atoms with van der Waals surface area (Å²) < 4.78 is 0. The van der Waals surface area contributed by atoms with Crippen molar-refractivity contribution in [2.75, 3.05) is 19.6 Å². The molecule has 0 radical (unpaired) electrons. The third-order valence-corrected chi connectivity index (χ3v) is 12.8. The average Bonchev–Trinajstić information content (AvgIpc) is 3.03. The lowest BCUT2D eigenvalue weighted by Gasteiger charge is -2.67. The molecule has 4 saturated carbocycles. The molecule has 0 spiro atoms. The topological polar surface area (TPSA) is 133 Å². The molecule has 2 atom stereocenters. The normalized spacial score (nSPS) is 27.9. The zero-order valence-corrected chi connectivity index (χ0v) is 30.8. The van der Waals surface area contributed by atoms with Crippen molar-refractivity contribution in [3.63, 3.8) is 0 Å². The van der Waals surface area contributed by atoms with Crippen LogP contribution < -0.4 is 17.2 Å². The number of amides is 3. The number of carbonyl (C=O) groups excluding carboxylic acids is 3. The summed E-state index contributed by atoms with van der Waals surface area (Å²) in [6.07, 6.45) is 31.3. The summed E-state index contributed by atoms with van der Waals surface area (Å²) in [6.45, 7) is 7.76. The Hall–Kier alpha value is -1.63. The maximum Gasteiger partial charge on any atom is 0.224 e. The predicted molar refractivity (Wildman–Crippen MR) is 194 cm³/mol. The van der Waals surface area contributed by atoms with Gasteiger partial charge in [0, 0.05) is 0 Å². The van der Waals surface area contributed by atoms with Gasteiger partial charge in [-0.15, -0.1) is 0 Å². The van der Waals surface area contributed by atoms with Crippen LogP contribution in [0, 0.1) is 28.1 Å². The van der Waals surface area contributed by atoms with E-state index in [1.807, 2.05) is 0 Å². The van der Waals surface area contributed by atoms with Crippen LogP contribution in [-0.4, -0.2) is 42.3 Å². The van der Waals surface area contributed by atoms with Gasteiger partial charge < -0.3 is 22.1 Å². The Bertz CT molecular complexity index is 898. The van der Waals surface area contributed by atoms with Crippen molar-refractivity contribution in [3.8, 4) is 0 Å². The molecule has 0 saturated heterocycles. The van der Waals surface area contributed by atoms with Crippen molar-refractivity contribution in [2.24, 2.45) is 45.3 Å². The highest BCUT2D eigenvalue weighted by Crippen LogP contribution is 2.72. The monoisotopic (exact) mass is 659 g/mol. The smallest absolute Gasteiger partial charge is 0.224 e. The van der Waals surface area contributed by atoms with Crippen LogP contribution in [0.25, 0.3) is 0 Å². The first kappa shape index (κ1) is 39.8. The van der Waals surface area contributed by atoms with Crippen molar-refractivity contribution in [2.45, 2.75) is 187 Å². The first-order valence-electron chi connectivity index (χ1n) is 20.3. The largest absolute Gasteiger partial charge is 0.369 e. The van der Waals surface area contributed by atoms with Gasteiger partial charge in [-0.25, -0.2) is 0 Å². The molecule has 0 aliphatic heterocycles. The Morgan fingerprint density at radius 3 is 1.23 bits per heavy atom. The minimum absolute atomic E-state index is 0.102. The van der Waals surface area contributed by atoms with Gasteiger partial charge in [-0.3, -0.25) is 14.4 Å². The van der Waals surface area contributed by atoms with E-state index in [1.165, 1.54) is 128 Å². The second-order valence-electron chi connectivity index (χ2n) is 16.4. The van der Waals surface area contributed by atoms with Gasteiger partial charge in [0.05, 0.1) is 16.2 Å². The summed E-state index contributed by atoms with van der Waals surface area (Å²) >= 11 is 0. The van der Waals surface area contributed by atoms with Gasteiger partial charge in [0.15, 0.2) is 0 Å². The van der Waals surface area contributed by atoms with Gasteiger partial charge in [-0.1, -0.05) is 129 Å². The quantitative estimate of drug-likeness (QED) is 0.0695. The van der Waals surface area contributed by atoms with Crippen LogP contribution >= 0.6 is 0 Å². The minimum Gasteiger partial charge on any atom is -0.369 e. The number of nitrogens with zero attached hydrogens (tertiary/aromatic N) is 1. The minimum atomic E-state index is -0.860. The third kappa shape index (κ3) is 10.9. The molecule has 0 aromatic carbocycles. The lowest BCUT2D eigenvalue weighted by atomic mass is 9.34. The summed E-state index contributed by atoms with van der Waals surface area (Å²) in [7, 11) is 0. The predicted octanol–water partition coefficient (Wildman–Crippen LogP) is 8.55. The lowest BCUT2D eigenvalue weighted by molar-refractivity contribution is -0.207. The van der Waals surface area contributed by atoms with E-state index < -0.39 is 22.2 Å². The molecule has 0 heterocycles. The molecule has 0 aromatic rings. The van der Waals surface area contributed by atoms with E-state index in [0.717, 1.165) is 32.5 Å². The van der Waals surface area contributed by atoms with Crippen LogP contribution in [0.1, 0.15) is 187 Å². The SMILES string of the molecule is CCCCCCCCCCCCN(CCCCCCCCCCCC)CCCC1C2(C(N)=O)CC3CC(C(N)=O)(C2)CC1(C(N)=O)C3. The average molecular weight is 659 g/mol. The Morgan fingerprint density at radius 1 is 0.511 bits per heavy atom. The maximum atomic E-state index is 13.2. The molecular weight excluding hydrogens is 584 g/mol. The molecule has 3 amide bonds. The number of hydrogen-bond donors (Lipinski definition) is 3. The Kier molecular flexibility index (Phi) is 17.1. The van der Waals surface area contributed by atoms with E-state index in [9.17, 15) is 14.4 Å². The van der Waals surface area contributed by atoms with Gasteiger partial charge >= 0.3 is 0 Å². The van der Waals surface area contributed by atoms with Crippen molar-refractivity contribution in [1.29, 1.82) is 0 Å². The summed E-state index contributed by atoms with van der Waals surface area (Å²) in [5.41, 5.74) is 15.7. The number of primary amides is 3. The number of rotatable bonds is 29. The van der Waals surface area contributed by atoms with E-state index in [1.54, 1.807) is 0 Å². The van der Waals surface area contributed by atoms with Crippen molar-refractivity contribution < 1.29 is 14.4 Å². The van der Waals surface area contributed by atoms with E-state index in [2.05, 4.69) is 18.7 Å². The van der Waals surface area contributed by atoms with Crippen molar-refractivity contribution in [3.05, 3.63) is 0 Å². The van der Waals surface area contributed by atoms with Crippen molar-refractivity contribution in [1.82, 2.24) is 4.90 Å². The van der Waals surface area contributed by atoms with Gasteiger partial charge in [0.1, 0.15) is 0 Å². The second-order valence-corrected chi connectivity index (χ2v) is 16.4.